The van der Waals surface area contributed by atoms with Gasteiger partial charge in [0.25, 0.3) is 0 Å². The van der Waals surface area contributed by atoms with Crippen molar-refractivity contribution in [2.24, 2.45) is 0 Å². The van der Waals surface area contributed by atoms with Crippen LogP contribution in [0.5, 0.6) is 0 Å². The van der Waals surface area contributed by atoms with Crippen LogP contribution in [0.25, 0.3) is 0 Å². The van der Waals surface area contributed by atoms with Crippen molar-refractivity contribution >= 4 is 5.69 Å². The Labute approximate surface area is 116 Å². The SMILES string of the molecule is CC(C)c1ccc(N2CCCN(C)C(CO)C2)cc1. The molecule has 0 spiro atoms. The lowest BCUT2D eigenvalue weighted by molar-refractivity contribution is 0.159. The summed E-state index contributed by atoms with van der Waals surface area (Å²) in [5.41, 5.74) is 2.66. The second-order valence-corrected chi connectivity index (χ2v) is 5.86. The minimum Gasteiger partial charge on any atom is -0.395 e. The van der Waals surface area contributed by atoms with E-state index in [1.54, 1.807) is 0 Å². The Morgan fingerprint density at radius 2 is 1.89 bits per heavy atom. The lowest BCUT2D eigenvalue weighted by Crippen LogP contribution is -2.41. The third-order valence-electron chi connectivity index (χ3n) is 4.13. The highest BCUT2D eigenvalue weighted by molar-refractivity contribution is 5.48. The van der Waals surface area contributed by atoms with E-state index in [4.69, 9.17) is 0 Å². The molecule has 0 saturated carbocycles. The first-order valence-corrected chi connectivity index (χ1v) is 7.28. The van der Waals surface area contributed by atoms with Crippen molar-refractivity contribution in [1.82, 2.24) is 4.90 Å². The Bertz CT molecular complexity index is 388. The summed E-state index contributed by atoms with van der Waals surface area (Å²) in [6.45, 7) is 7.72. The van der Waals surface area contributed by atoms with Gasteiger partial charge < -0.3 is 10.0 Å². The van der Waals surface area contributed by atoms with Gasteiger partial charge in [0.1, 0.15) is 0 Å². The molecule has 2 rings (SSSR count). The molecule has 3 nitrogen and oxygen atoms in total. The molecule has 0 amide bonds. The number of aliphatic hydroxyl groups excluding tert-OH is 1. The monoisotopic (exact) mass is 262 g/mol. The maximum absolute atomic E-state index is 9.50. The molecule has 3 heteroatoms. The molecule has 0 aliphatic carbocycles. The number of aliphatic hydroxyl groups is 1. The maximum atomic E-state index is 9.50. The molecule has 1 unspecified atom stereocenters. The standard InChI is InChI=1S/C16H26N2O/c1-13(2)14-5-7-15(8-6-14)18-10-4-9-17(3)16(11-18)12-19/h5-8,13,16,19H,4,9-12H2,1-3H3. The molecular weight excluding hydrogens is 236 g/mol. The van der Waals surface area contributed by atoms with E-state index in [-0.39, 0.29) is 12.6 Å². The van der Waals surface area contributed by atoms with Crippen molar-refractivity contribution in [2.75, 3.05) is 38.2 Å². The van der Waals surface area contributed by atoms with Crippen LogP contribution in [0.4, 0.5) is 5.69 Å². The average molecular weight is 262 g/mol. The van der Waals surface area contributed by atoms with Gasteiger partial charge in [-0.2, -0.15) is 0 Å². The number of rotatable bonds is 3. The highest BCUT2D eigenvalue weighted by Crippen LogP contribution is 2.22. The lowest BCUT2D eigenvalue weighted by atomic mass is 10.0. The summed E-state index contributed by atoms with van der Waals surface area (Å²) in [4.78, 5) is 4.66. The summed E-state index contributed by atoms with van der Waals surface area (Å²) in [5.74, 6) is 0.578. The smallest absolute Gasteiger partial charge is 0.0603 e. The lowest BCUT2D eigenvalue weighted by Gasteiger charge is -2.29. The molecule has 1 fully saturated rings. The summed E-state index contributed by atoms with van der Waals surface area (Å²) >= 11 is 0. The molecule has 0 bridgehead atoms. The minimum atomic E-state index is 0.233. The number of likely N-dealkylation sites (N-methyl/N-ethyl adjacent to an activating group) is 1. The highest BCUT2D eigenvalue weighted by Gasteiger charge is 2.21. The van der Waals surface area contributed by atoms with E-state index in [0.717, 1.165) is 26.1 Å². The normalized spacial score (nSPS) is 21.7. The van der Waals surface area contributed by atoms with Crippen LogP contribution < -0.4 is 4.90 Å². The van der Waals surface area contributed by atoms with Gasteiger partial charge in [-0.05, 0) is 43.6 Å². The number of nitrogens with zero attached hydrogens (tertiary/aromatic N) is 2. The number of hydrogen-bond acceptors (Lipinski definition) is 3. The molecule has 0 aromatic heterocycles. The maximum Gasteiger partial charge on any atom is 0.0603 e. The second kappa shape index (κ2) is 6.40. The molecule has 0 radical (unpaired) electrons. The van der Waals surface area contributed by atoms with Crippen LogP contribution >= 0.6 is 0 Å². The molecule has 1 N–H and O–H groups in total. The third-order valence-corrected chi connectivity index (χ3v) is 4.13. The first kappa shape index (κ1) is 14.4. The van der Waals surface area contributed by atoms with E-state index in [0.29, 0.717) is 5.92 Å². The van der Waals surface area contributed by atoms with Gasteiger partial charge >= 0.3 is 0 Å². The summed E-state index contributed by atoms with van der Waals surface area (Å²) in [5, 5.41) is 9.50. The van der Waals surface area contributed by atoms with E-state index >= 15 is 0 Å². The topological polar surface area (TPSA) is 26.7 Å². The fourth-order valence-electron chi connectivity index (χ4n) is 2.68. The van der Waals surface area contributed by atoms with Crippen molar-refractivity contribution in [3.8, 4) is 0 Å². The molecule has 1 atom stereocenters. The van der Waals surface area contributed by atoms with Gasteiger partial charge in [0, 0.05) is 24.8 Å². The third kappa shape index (κ3) is 3.48. The van der Waals surface area contributed by atoms with Crippen LogP contribution in [-0.4, -0.2) is 49.3 Å². The van der Waals surface area contributed by atoms with Crippen LogP contribution in [0.3, 0.4) is 0 Å². The molecule has 1 aromatic carbocycles. The van der Waals surface area contributed by atoms with Gasteiger partial charge in [-0.15, -0.1) is 0 Å². The van der Waals surface area contributed by atoms with Crippen molar-refractivity contribution in [3.63, 3.8) is 0 Å². The van der Waals surface area contributed by atoms with E-state index in [2.05, 4.69) is 55.0 Å². The Morgan fingerprint density at radius 3 is 2.47 bits per heavy atom. The summed E-state index contributed by atoms with van der Waals surface area (Å²) in [7, 11) is 2.10. The van der Waals surface area contributed by atoms with E-state index in [1.807, 2.05) is 0 Å². The first-order valence-electron chi connectivity index (χ1n) is 7.28. The van der Waals surface area contributed by atoms with Gasteiger partial charge in [-0.3, -0.25) is 4.90 Å². The number of anilines is 1. The number of benzene rings is 1. The van der Waals surface area contributed by atoms with Crippen molar-refractivity contribution in [3.05, 3.63) is 29.8 Å². The van der Waals surface area contributed by atoms with Crippen molar-refractivity contribution in [2.45, 2.75) is 32.2 Å². The van der Waals surface area contributed by atoms with Crippen LogP contribution in [-0.2, 0) is 0 Å². The van der Waals surface area contributed by atoms with Crippen molar-refractivity contribution in [1.29, 1.82) is 0 Å². The zero-order chi connectivity index (χ0) is 13.8. The predicted molar refractivity (Wildman–Crippen MR) is 80.9 cm³/mol. The van der Waals surface area contributed by atoms with Gasteiger partial charge in [0.05, 0.1) is 6.61 Å². The molecular formula is C16H26N2O. The molecule has 1 aliphatic heterocycles. The summed E-state index contributed by atoms with van der Waals surface area (Å²) < 4.78 is 0. The highest BCUT2D eigenvalue weighted by atomic mass is 16.3. The molecule has 19 heavy (non-hydrogen) atoms. The van der Waals surface area contributed by atoms with Crippen molar-refractivity contribution < 1.29 is 5.11 Å². The fraction of sp³-hybridized carbons (Fsp3) is 0.625. The largest absolute Gasteiger partial charge is 0.395 e. The molecule has 1 aromatic rings. The predicted octanol–water partition coefficient (Wildman–Crippen LogP) is 2.31. The van der Waals surface area contributed by atoms with Gasteiger partial charge in [-0.1, -0.05) is 26.0 Å². The van der Waals surface area contributed by atoms with Gasteiger partial charge in [0.2, 0.25) is 0 Å². The van der Waals surface area contributed by atoms with Gasteiger partial charge in [0.15, 0.2) is 0 Å². The fourth-order valence-corrected chi connectivity index (χ4v) is 2.68. The average Bonchev–Trinajstić information content (AvgIpc) is 2.60. The Morgan fingerprint density at radius 1 is 1.21 bits per heavy atom. The Hall–Kier alpha value is -1.06. The van der Waals surface area contributed by atoms with Gasteiger partial charge in [-0.25, -0.2) is 0 Å². The van der Waals surface area contributed by atoms with E-state index < -0.39 is 0 Å². The van der Waals surface area contributed by atoms with Crippen LogP contribution in [0.1, 0.15) is 31.7 Å². The molecule has 1 heterocycles. The molecule has 1 saturated heterocycles. The quantitative estimate of drug-likeness (QED) is 0.905. The Kier molecular flexibility index (Phi) is 4.83. The molecule has 106 valence electrons. The van der Waals surface area contributed by atoms with Crippen LogP contribution in [0, 0.1) is 0 Å². The molecule has 1 aliphatic rings. The number of hydrogen-bond donors (Lipinski definition) is 1. The Balaban J connectivity index is 2.11. The van der Waals surface area contributed by atoms with E-state index in [1.165, 1.54) is 11.3 Å². The first-order chi connectivity index (χ1) is 9.11. The second-order valence-electron chi connectivity index (χ2n) is 5.86. The summed E-state index contributed by atoms with van der Waals surface area (Å²) in [6, 6.07) is 9.13. The van der Waals surface area contributed by atoms with Crippen LogP contribution in [0.2, 0.25) is 0 Å². The zero-order valence-corrected chi connectivity index (χ0v) is 12.3. The zero-order valence-electron chi connectivity index (χ0n) is 12.3. The van der Waals surface area contributed by atoms with E-state index in [9.17, 15) is 5.11 Å². The minimum absolute atomic E-state index is 0.233. The van der Waals surface area contributed by atoms with Crippen LogP contribution in [0.15, 0.2) is 24.3 Å². The summed E-state index contributed by atoms with van der Waals surface area (Å²) in [6.07, 6.45) is 1.15.